The summed E-state index contributed by atoms with van der Waals surface area (Å²) in [5.74, 6) is 0. The molecule has 4 heteroatoms. The number of fused-ring (bicyclic) bond motifs is 9. The van der Waals surface area contributed by atoms with Crippen LogP contribution in [0.5, 0.6) is 0 Å². The van der Waals surface area contributed by atoms with Crippen molar-refractivity contribution in [1.82, 2.24) is 0 Å². The lowest BCUT2D eigenvalue weighted by molar-refractivity contribution is 0.669. The Hall–Kier alpha value is -6.20. The fraction of sp³-hybridized carbons (Fsp3) is 0. The Morgan fingerprint density at radius 2 is 0.942 bits per heavy atom. The van der Waals surface area contributed by atoms with Crippen LogP contribution in [0.25, 0.3) is 84.5 Å². The van der Waals surface area contributed by atoms with Gasteiger partial charge in [-0.1, -0.05) is 109 Å². The van der Waals surface area contributed by atoms with E-state index in [0.717, 1.165) is 39.0 Å². The van der Waals surface area contributed by atoms with Gasteiger partial charge in [0.05, 0.1) is 0 Å². The molecule has 8 aromatic carbocycles. The maximum absolute atomic E-state index is 6.14. The smallest absolute Gasteiger partial charge is 0.135 e. The Bertz CT molecular complexity index is 3090. The van der Waals surface area contributed by atoms with Crippen molar-refractivity contribution < 1.29 is 4.42 Å². The van der Waals surface area contributed by atoms with Gasteiger partial charge in [-0.25, -0.2) is 0 Å². The van der Waals surface area contributed by atoms with Gasteiger partial charge < -0.3 is 9.32 Å². The van der Waals surface area contributed by atoms with Crippen molar-refractivity contribution in [3.05, 3.63) is 176 Å². The SMILES string of the molecule is c1ccc(N(c2ccccc2)c2ccc3sc4c(-c5ccc6c(c5)sc5c(-c7ccc8oc9ccccc9c8c7)cccc56)cccc4c3c2)cc1. The molecule has 0 radical (unpaired) electrons. The summed E-state index contributed by atoms with van der Waals surface area (Å²) in [6.07, 6.45) is 0. The molecule has 0 unspecified atom stereocenters. The predicted octanol–water partition coefficient (Wildman–Crippen LogP) is 15.1. The van der Waals surface area contributed by atoms with E-state index in [9.17, 15) is 0 Å². The first-order valence-electron chi connectivity index (χ1n) is 17.5. The Morgan fingerprint density at radius 1 is 0.346 bits per heavy atom. The zero-order chi connectivity index (χ0) is 34.2. The molecule has 0 saturated heterocycles. The van der Waals surface area contributed by atoms with Crippen LogP contribution in [0.3, 0.4) is 0 Å². The highest BCUT2D eigenvalue weighted by atomic mass is 32.1. The molecular weight excluding hydrogens is 671 g/mol. The van der Waals surface area contributed by atoms with E-state index in [2.05, 4.69) is 169 Å². The third kappa shape index (κ3) is 4.62. The minimum atomic E-state index is 0.925. The summed E-state index contributed by atoms with van der Waals surface area (Å²) < 4.78 is 11.4. The van der Waals surface area contributed by atoms with Gasteiger partial charge in [-0.3, -0.25) is 0 Å². The first-order chi connectivity index (χ1) is 25.8. The van der Waals surface area contributed by atoms with Crippen molar-refractivity contribution >= 4 is 102 Å². The second-order valence-corrected chi connectivity index (χ2v) is 15.4. The highest BCUT2D eigenvalue weighted by Crippen LogP contribution is 2.46. The van der Waals surface area contributed by atoms with Gasteiger partial charge in [0.15, 0.2) is 0 Å². The minimum Gasteiger partial charge on any atom is -0.456 e. The molecule has 3 aromatic heterocycles. The van der Waals surface area contributed by atoms with Crippen LogP contribution in [0.1, 0.15) is 0 Å². The van der Waals surface area contributed by atoms with Gasteiger partial charge in [0.25, 0.3) is 0 Å². The molecule has 52 heavy (non-hydrogen) atoms. The summed E-state index contributed by atoms with van der Waals surface area (Å²) in [5, 5.41) is 7.49. The quantitative estimate of drug-likeness (QED) is 0.178. The predicted molar refractivity (Wildman–Crippen MR) is 225 cm³/mol. The molecule has 11 aromatic rings. The largest absolute Gasteiger partial charge is 0.456 e. The molecule has 0 spiro atoms. The van der Waals surface area contributed by atoms with E-state index in [0.29, 0.717) is 0 Å². The molecule has 244 valence electrons. The average molecular weight is 700 g/mol. The maximum atomic E-state index is 6.14. The van der Waals surface area contributed by atoms with Gasteiger partial charge in [-0.2, -0.15) is 0 Å². The number of rotatable bonds is 5. The molecule has 2 nitrogen and oxygen atoms in total. The van der Waals surface area contributed by atoms with Crippen LogP contribution in [-0.4, -0.2) is 0 Å². The summed E-state index contributed by atoms with van der Waals surface area (Å²) >= 11 is 3.77. The first kappa shape index (κ1) is 29.5. The van der Waals surface area contributed by atoms with Gasteiger partial charge in [0.2, 0.25) is 0 Å². The topological polar surface area (TPSA) is 16.4 Å². The fourth-order valence-electron chi connectivity index (χ4n) is 7.84. The Labute approximate surface area is 308 Å². The standard InChI is InChI=1S/C48H29NOS2/c1-3-11-32(12-4-1)49(33-13-5-2-6-14-33)34-23-26-45-42(29-34)40-19-10-17-36(48(40)51-45)31-21-24-38-39-18-9-16-35(47(39)52-46(38)28-31)30-22-25-44-41(27-30)37-15-7-8-20-43(37)50-44/h1-29H. The van der Waals surface area contributed by atoms with Crippen LogP contribution in [0, 0.1) is 0 Å². The lowest BCUT2D eigenvalue weighted by Gasteiger charge is -2.25. The number of furan rings is 1. The summed E-state index contributed by atoms with van der Waals surface area (Å²) in [5.41, 5.74) is 10.3. The second-order valence-electron chi connectivity index (χ2n) is 13.3. The lowest BCUT2D eigenvalue weighted by Crippen LogP contribution is -2.09. The highest BCUT2D eigenvalue weighted by Gasteiger charge is 2.18. The van der Waals surface area contributed by atoms with E-state index in [1.165, 1.54) is 62.6 Å². The number of thiophene rings is 2. The van der Waals surface area contributed by atoms with E-state index < -0.39 is 0 Å². The van der Waals surface area contributed by atoms with Gasteiger partial charge in [-0.15, -0.1) is 22.7 Å². The molecule has 11 rings (SSSR count). The number of hydrogen-bond donors (Lipinski definition) is 0. The number of benzene rings is 8. The average Bonchev–Trinajstić information content (AvgIpc) is 3.89. The zero-order valence-corrected chi connectivity index (χ0v) is 29.5. The number of anilines is 3. The molecule has 0 N–H and O–H groups in total. The van der Waals surface area contributed by atoms with Crippen LogP contribution in [0.4, 0.5) is 17.1 Å². The molecule has 3 heterocycles. The highest BCUT2D eigenvalue weighted by molar-refractivity contribution is 7.27. The van der Waals surface area contributed by atoms with Crippen LogP contribution in [0.2, 0.25) is 0 Å². The monoisotopic (exact) mass is 699 g/mol. The molecule has 0 amide bonds. The van der Waals surface area contributed by atoms with Crippen LogP contribution in [-0.2, 0) is 0 Å². The van der Waals surface area contributed by atoms with Crippen molar-refractivity contribution in [2.75, 3.05) is 4.90 Å². The maximum Gasteiger partial charge on any atom is 0.135 e. The van der Waals surface area contributed by atoms with Crippen molar-refractivity contribution in [3.63, 3.8) is 0 Å². The normalized spacial score (nSPS) is 11.8. The summed E-state index contributed by atoms with van der Waals surface area (Å²) in [6.45, 7) is 0. The number of hydrogen-bond acceptors (Lipinski definition) is 4. The van der Waals surface area contributed by atoms with Crippen molar-refractivity contribution in [2.45, 2.75) is 0 Å². The van der Waals surface area contributed by atoms with Gasteiger partial charge in [0, 0.05) is 68.2 Å². The molecule has 0 bridgehead atoms. The minimum absolute atomic E-state index is 0.925. The lowest BCUT2D eigenvalue weighted by atomic mass is 9.99. The molecule has 0 aliphatic rings. The van der Waals surface area contributed by atoms with E-state index in [-0.39, 0.29) is 0 Å². The molecule has 0 atom stereocenters. The summed E-state index contributed by atoms with van der Waals surface area (Å²) in [7, 11) is 0. The van der Waals surface area contributed by atoms with Gasteiger partial charge >= 0.3 is 0 Å². The third-order valence-corrected chi connectivity index (χ3v) is 12.7. The van der Waals surface area contributed by atoms with Gasteiger partial charge in [0.1, 0.15) is 11.2 Å². The van der Waals surface area contributed by atoms with E-state index in [1.54, 1.807) is 0 Å². The number of nitrogens with zero attached hydrogens (tertiary/aromatic N) is 1. The third-order valence-electron chi connectivity index (χ3n) is 10.3. The first-order valence-corrected chi connectivity index (χ1v) is 19.1. The Kier molecular flexibility index (Phi) is 6.63. The van der Waals surface area contributed by atoms with Crippen molar-refractivity contribution in [2.24, 2.45) is 0 Å². The van der Waals surface area contributed by atoms with E-state index >= 15 is 0 Å². The van der Waals surface area contributed by atoms with Gasteiger partial charge in [-0.05, 0) is 89.0 Å². The Balaban J connectivity index is 1.03. The number of para-hydroxylation sites is 3. The molecule has 0 fully saturated rings. The van der Waals surface area contributed by atoms with Crippen LogP contribution < -0.4 is 4.90 Å². The molecule has 0 aliphatic heterocycles. The van der Waals surface area contributed by atoms with E-state index in [1.807, 2.05) is 34.8 Å². The van der Waals surface area contributed by atoms with Crippen molar-refractivity contribution in [3.8, 4) is 22.3 Å². The summed E-state index contributed by atoms with van der Waals surface area (Å²) in [6, 6.07) is 63.6. The Morgan fingerprint density at radius 3 is 1.69 bits per heavy atom. The molecule has 0 aliphatic carbocycles. The fourth-order valence-corrected chi connectivity index (χ4v) is 10.3. The zero-order valence-electron chi connectivity index (χ0n) is 27.9. The van der Waals surface area contributed by atoms with Crippen LogP contribution >= 0.6 is 22.7 Å². The molecule has 0 saturated carbocycles. The van der Waals surface area contributed by atoms with Crippen molar-refractivity contribution in [1.29, 1.82) is 0 Å². The second kappa shape index (κ2) is 11.7. The van der Waals surface area contributed by atoms with Crippen LogP contribution in [0.15, 0.2) is 180 Å². The summed E-state index contributed by atoms with van der Waals surface area (Å²) in [4.78, 5) is 2.34. The molecular formula is C48H29NOS2. The van der Waals surface area contributed by atoms with E-state index in [4.69, 9.17) is 4.42 Å².